The van der Waals surface area contributed by atoms with Gasteiger partial charge in [0.1, 0.15) is 5.75 Å². The molecule has 3 aromatic rings. The Bertz CT molecular complexity index is 782. The average Bonchev–Trinajstić information content (AvgIpc) is 3.22. The largest absolute Gasteiger partial charge is 0.494 e. The molecular weight excluding hydrogens is 326 g/mol. The minimum absolute atomic E-state index is 0.123. The number of carbonyl (C=O) groups is 1. The minimum atomic E-state index is -0.203. The van der Waals surface area contributed by atoms with Crippen molar-refractivity contribution in [2.45, 2.75) is 19.8 Å². The number of amides is 1. The first-order valence-electron chi connectivity index (χ1n) is 7.59. The second-order valence-corrected chi connectivity index (χ2v) is 6.09. The van der Waals surface area contributed by atoms with Crippen LogP contribution in [0.1, 0.15) is 23.3 Å². The van der Waals surface area contributed by atoms with Gasteiger partial charge in [0.15, 0.2) is 0 Å². The molecule has 0 aliphatic rings. The van der Waals surface area contributed by atoms with E-state index in [0.29, 0.717) is 18.9 Å². The molecule has 0 unspecified atom stereocenters. The Kier molecular flexibility index (Phi) is 5.22. The molecule has 6 nitrogen and oxygen atoms in total. The third-order valence-corrected chi connectivity index (χ3v) is 4.09. The van der Waals surface area contributed by atoms with Gasteiger partial charge in [0, 0.05) is 4.88 Å². The zero-order valence-corrected chi connectivity index (χ0v) is 14.0. The van der Waals surface area contributed by atoms with Crippen molar-refractivity contribution >= 4 is 23.3 Å². The van der Waals surface area contributed by atoms with Crippen molar-refractivity contribution in [2.24, 2.45) is 0 Å². The van der Waals surface area contributed by atoms with Crippen LogP contribution in [0.15, 0.2) is 46.2 Å². The van der Waals surface area contributed by atoms with E-state index >= 15 is 0 Å². The number of thiophene rings is 1. The van der Waals surface area contributed by atoms with Gasteiger partial charge in [0.2, 0.25) is 11.8 Å². The van der Waals surface area contributed by atoms with Crippen LogP contribution in [-0.4, -0.2) is 22.7 Å². The predicted molar refractivity (Wildman–Crippen MR) is 91.4 cm³/mol. The lowest BCUT2D eigenvalue weighted by atomic mass is 10.1. The maximum Gasteiger partial charge on any atom is 0.322 e. The number of rotatable bonds is 7. The van der Waals surface area contributed by atoms with E-state index in [1.54, 1.807) is 11.3 Å². The highest BCUT2D eigenvalue weighted by molar-refractivity contribution is 7.09. The highest BCUT2D eigenvalue weighted by Crippen LogP contribution is 2.16. The molecule has 1 N–H and O–H groups in total. The van der Waals surface area contributed by atoms with Gasteiger partial charge in [-0.05, 0) is 36.1 Å². The first kappa shape index (κ1) is 16.2. The highest BCUT2D eigenvalue weighted by Gasteiger charge is 2.11. The van der Waals surface area contributed by atoms with Crippen molar-refractivity contribution in [1.29, 1.82) is 0 Å². The molecule has 0 bridgehead atoms. The molecule has 0 aliphatic heterocycles. The van der Waals surface area contributed by atoms with Crippen molar-refractivity contribution in [3.63, 3.8) is 0 Å². The Hall–Kier alpha value is -2.67. The van der Waals surface area contributed by atoms with Crippen molar-refractivity contribution in [3.8, 4) is 5.75 Å². The molecule has 0 fully saturated rings. The second kappa shape index (κ2) is 7.74. The molecule has 2 heterocycles. The molecule has 0 atom stereocenters. The van der Waals surface area contributed by atoms with Crippen LogP contribution in [0.3, 0.4) is 0 Å². The van der Waals surface area contributed by atoms with Crippen molar-refractivity contribution in [3.05, 3.63) is 58.1 Å². The number of ether oxygens (including phenoxy) is 1. The van der Waals surface area contributed by atoms with Gasteiger partial charge in [-0.15, -0.1) is 16.4 Å². The van der Waals surface area contributed by atoms with Gasteiger partial charge in [-0.25, -0.2) is 0 Å². The maximum atomic E-state index is 12.1. The van der Waals surface area contributed by atoms with Crippen LogP contribution < -0.4 is 10.1 Å². The smallest absolute Gasteiger partial charge is 0.322 e. The lowest BCUT2D eigenvalue weighted by molar-refractivity contribution is -0.115. The third-order valence-electron chi connectivity index (χ3n) is 3.22. The molecule has 24 heavy (non-hydrogen) atoms. The number of benzene rings is 1. The lowest BCUT2D eigenvalue weighted by Crippen LogP contribution is -2.14. The summed E-state index contributed by atoms with van der Waals surface area (Å²) in [4.78, 5) is 13.2. The molecule has 2 aromatic heterocycles. The van der Waals surface area contributed by atoms with E-state index in [0.717, 1.165) is 16.2 Å². The van der Waals surface area contributed by atoms with E-state index in [2.05, 4.69) is 15.5 Å². The Labute approximate surface area is 143 Å². The monoisotopic (exact) mass is 343 g/mol. The zero-order chi connectivity index (χ0) is 16.8. The van der Waals surface area contributed by atoms with E-state index in [1.165, 1.54) is 0 Å². The molecule has 0 saturated carbocycles. The first-order chi connectivity index (χ1) is 11.7. The normalized spacial score (nSPS) is 10.5. The molecule has 124 valence electrons. The van der Waals surface area contributed by atoms with Crippen LogP contribution in [0.2, 0.25) is 0 Å². The topological polar surface area (TPSA) is 77.2 Å². The number of anilines is 1. The van der Waals surface area contributed by atoms with Crippen LogP contribution in [0.4, 0.5) is 6.01 Å². The summed E-state index contributed by atoms with van der Waals surface area (Å²) < 4.78 is 10.8. The lowest BCUT2D eigenvalue weighted by Gasteiger charge is -2.04. The molecule has 1 amide bonds. The van der Waals surface area contributed by atoms with Gasteiger partial charge < -0.3 is 9.15 Å². The molecule has 7 heteroatoms. The summed E-state index contributed by atoms with van der Waals surface area (Å²) in [7, 11) is 0. The fraction of sp³-hybridized carbons (Fsp3) is 0.235. The Morgan fingerprint density at radius 1 is 1.25 bits per heavy atom. The summed E-state index contributed by atoms with van der Waals surface area (Å²) in [6.45, 7) is 2.54. The number of aromatic nitrogens is 2. The van der Waals surface area contributed by atoms with E-state index in [-0.39, 0.29) is 18.3 Å². The van der Waals surface area contributed by atoms with Crippen molar-refractivity contribution in [2.75, 3.05) is 11.9 Å². The van der Waals surface area contributed by atoms with Crippen LogP contribution in [0.25, 0.3) is 0 Å². The van der Waals surface area contributed by atoms with Gasteiger partial charge in [0.25, 0.3) is 0 Å². The first-order valence-corrected chi connectivity index (χ1v) is 8.47. The quantitative estimate of drug-likeness (QED) is 0.712. The van der Waals surface area contributed by atoms with Gasteiger partial charge in [-0.3, -0.25) is 10.1 Å². The third kappa shape index (κ3) is 4.42. The fourth-order valence-electron chi connectivity index (χ4n) is 2.16. The minimum Gasteiger partial charge on any atom is -0.494 e. The summed E-state index contributed by atoms with van der Waals surface area (Å²) in [5, 5.41) is 12.4. The Morgan fingerprint density at radius 2 is 2.08 bits per heavy atom. The Balaban J connectivity index is 1.54. The van der Waals surface area contributed by atoms with E-state index in [4.69, 9.17) is 9.15 Å². The van der Waals surface area contributed by atoms with Crippen LogP contribution in [0.5, 0.6) is 5.75 Å². The van der Waals surface area contributed by atoms with Crippen LogP contribution >= 0.6 is 11.3 Å². The number of carbonyl (C=O) groups excluding carboxylic acids is 1. The summed E-state index contributed by atoms with van der Waals surface area (Å²) in [6.07, 6.45) is 0.800. The average molecular weight is 343 g/mol. The summed E-state index contributed by atoms with van der Waals surface area (Å²) >= 11 is 1.62. The molecule has 0 saturated heterocycles. The van der Waals surface area contributed by atoms with E-state index in [1.807, 2.05) is 48.7 Å². The maximum absolute atomic E-state index is 12.1. The molecule has 0 radical (unpaired) electrons. The number of nitrogens with one attached hydrogen (secondary N) is 1. The standard InChI is InChI=1S/C17H17N3O3S/c1-2-22-13-7-5-12(6-8-13)10-15(21)18-17-20-19-16(23-17)11-14-4-3-9-24-14/h3-9H,2,10-11H2,1H3,(H,18,20,21). The van der Waals surface area contributed by atoms with Crippen LogP contribution in [0, 0.1) is 0 Å². The van der Waals surface area contributed by atoms with Crippen LogP contribution in [-0.2, 0) is 17.6 Å². The van der Waals surface area contributed by atoms with E-state index in [9.17, 15) is 4.79 Å². The Morgan fingerprint density at radius 3 is 2.79 bits per heavy atom. The number of hydrogen-bond acceptors (Lipinski definition) is 6. The predicted octanol–water partition coefficient (Wildman–Crippen LogP) is 3.30. The number of nitrogens with zero attached hydrogens (tertiary/aromatic N) is 2. The molecular formula is C17H17N3O3S. The summed E-state index contributed by atoms with van der Waals surface area (Å²) in [6, 6.07) is 11.5. The van der Waals surface area contributed by atoms with Gasteiger partial charge in [0.05, 0.1) is 19.4 Å². The summed E-state index contributed by atoms with van der Waals surface area (Å²) in [5.41, 5.74) is 0.884. The zero-order valence-electron chi connectivity index (χ0n) is 13.2. The molecule has 3 rings (SSSR count). The highest BCUT2D eigenvalue weighted by atomic mass is 32.1. The van der Waals surface area contributed by atoms with Gasteiger partial charge in [-0.1, -0.05) is 23.3 Å². The SMILES string of the molecule is CCOc1ccc(CC(=O)Nc2nnc(Cc3cccs3)o2)cc1. The van der Waals surface area contributed by atoms with Crippen molar-refractivity contribution in [1.82, 2.24) is 10.2 Å². The summed E-state index contributed by atoms with van der Waals surface area (Å²) in [5.74, 6) is 1.07. The molecule has 1 aromatic carbocycles. The van der Waals surface area contributed by atoms with Crippen molar-refractivity contribution < 1.29 is 13.9 Å². The van der Waals surface area contributed by atoms with E-state index < -0.39 is 0 Å². The second-order valence-electron chi connectivity index (χ2n) is 5.06. The van der Waals surface area contributed by atoms with Gasteiger partial charge in [-0.2, -0.15) is 0 Å². The molecule has 0 spiro atoms. The fourth-order valence-corrected chi connectivity index (χ4v) is 2.85. The number of hydrogen-bond donors (Lipinski definition) is 1. The molecule has 0 aliphatic carbocycles. The van der Waals surface area contributed by atoms with Gasteiger partial charge >= 0.3 is 6.01 Å².